The zero-order chi connectivity index (χ0) is 20.0. The Morgan fingerprint density at radius 3 is 2.66 bits per heavy atom. The fourth-order valence-corrected chi connectivity index (χ4v) is 5.33. The number of amides is 1. The van der Waals surface area contributed by atoms with Crippen LogP contribution < -0.4 is 11.0 Å². The van der Waals surface area contributed by atoms with Gasteiger partial charge in [0, 0.05) is 22.4 Å². The third-order valence-electron chi connectivity index (χ3n) is 6.47. The lowest BCUT2D eigenvalue weighted by Gasteiger charge is -2.21. The van der Waals surface area contributed by atoms with Crippen molar-refractivity contribution in [2.24, 2.45) is 17.8 Å². The highest BCUT2D eigenvalue weighted by Crippen LogP contribution is 2.49. The summed E-state index contributed by atoms with van der Waals surface area (Å²) in [6, 6.07) is 14.6. The SMILES string of the molecule is O=C(C[C@H]1C[C@@H]2CC[C@H]1C2)Nn1nc(-c2cccc(Cl)c2)c2ccccc2c1=O. The minimum Gasteiger partial charge on any atom is -0.273 e. The van der Waals surface area contributed by atoms with Gasteiger partial charge >= 0.3 is 0 Å². The lowest BCUT2D eigenvalue weighted by molar-refractivity contribution is -0.118. The van der Waals surface area contributed by atoms with E-state index in [0.29, 0.717) is 34.4 Å². The summed E-state index contributed by atoms with van der Waals surface area (Å²) in [7, 11) is 0. The van der Waals surface area contributed by atoms with E-state index in [0.717, 1.165) is 28.1 Å². The van der Waals surface area contributed by atoms with Gasteiger partial charge in [0.25, 0.3) is 5.56 Å². The quantitative estimate of drug-likeness (QED) is 0.686. The second-order valence-corrected chi connectivity index (χ2v) is 8.73. The lowest BCUT2D eigenvalue weighted by Crippen LogP contribution is -2.36. The van der Waals surface area contributed by atoms with Crippen molar-refractivity contribution in [1.29, 1.82) is 0 Å². The van der Waals surface area contributed by atoms with Crippen molar-refractivity contribution in [2.45, 2.75) is 32.1 Å². The molecule has 0 aliphatic heterocycles. The summed E-state index contributed by atoms with van der Waals surface area (Å²) in [5.41, 5.74) is 3.82. The molecule has 1 aromatic heterocycles. The molecule has 2 fully saturated rings. The Kier molecular flexibility index (Phi) is 4.63. The van der Waals surface area contributed by atoms with Gasteiger partial charge in [0.2, 0.25) is 5.91 Å². The number of nitrogens with one attached hydrogen (secondary N) is 1. The zero-order valence-corrected chi connectivity index (χ0v) is 16.7. The van der Waals surface area contributed by atoms with Crippen LogP contribution in [0.5, 0.6) is 0 Å². The van der Waals surface area contributed by atoms with E-state index in [2.05, 4.69) is 10.5 Å². The van der Waals surface area contributed by atoms with E-state index < -0.39 is 0 Å². The van der Waals surface area contributed by atoms with Gasteiger partial charge in [-0.2, -0.15) is 0 Å². The van der Waals surface area contributed by atoms with E-state index >= 15 is 0 Å². The summed E-state index contributed by atoms with van der Waals surface area (Å²) >= 11 is 6.16. The Labute approximate surface area is 173 Å². The first-order valence-corrected chi connectivity index (χ1v) is 10.5. The normalized spacial score (nSPS) is 22.9. The van der Waals surface area contributed by atoms with Crippen LogP contribution in [0.2, 0.25) is 5.02 Å². The molecular formula is C23H22ClN3O2. The number of fused-ring (bicyclic) bond motifs is 3. The molecule has 3 aromatic rings. The second-order valence-electron chi connectivity index (χ2n) is 8.30. The third-order valence-corrected chi connectivity index (χ3v) is 6.70. The number of aromatic nitrogens is 2. The highest BCUT2D eigenvalue weighted by molar-refractivity contribution is 6.30. The molecule has 2 aliphatic rings. The molecule has 5 rings (SSSR count). The summed E-state index contributed by atoms with van der Waals surface area (Å²) in [5, 5.41) is 6.32. The van der Waals surface area contributed by atoms with Crippen molar-refractivity contribution in [3.63, 3.8) is 0 Å². The number of hydrogen-bond donors (Lipinski definition) is 1. The highest BCUT2D eigenvalue weighted by atomic mass is 35.5. The fourth-order valence-electron chi connectivity index (χ4n) is 5.14. The topological polar surface area (TPSA) is 64.0 Å². The fraction of sp³-hybridized carbons (Fsp3) is 0.348. The van der Waals surface area contributed by atoms with E-state index in [1.165, 1.54) is 19.3 Å². The van der Waals surface area contributed by atoms with Gasteiger partial charge < -0.3 is 0 Å². The molecule has 1 amide bonds. The van der Waals surface area contributed by atoms with E-state index in [-0.39, 0.29) is 11.5 Å². The Balaban J connectivity index is 1.49. The largest absolute Gasteiger partial charge is 0.294 e. The van der Waals surface area contributed by atoms with Crippen LogP contribution in [0.15, 0.2) is 53.3 Å². The van der Waals surface area contributed by atoms with Crippen molar-refractivity contribution in [3.05, 3.63) is 63.9 Å². The number of carbonyl (C=O) groups excluding carboxylic acids is 1. The molecule has 0 spiro atoms. The molecule has 3 atom stereocenters. The molecule has 2 aromatic carbocycles. The molecule has 0 saturated heterocycles. The van der Waals surface area contributed by atoms with Gasteiger partial charge in [-0.1, -0.05) is 48.4 Å². The minimum absolute atomic E-state index is 0.149. The summed E-state index contributed by atoms with van der Waals surface area (Å²) in [6.07, 6.45) is 5.37. The number of hydrogen-bond acceptors (Lipinski definition) is 3. The molecule has 1 N–H and O–H groups in total. The molecule has 0 unspecified atom stereocenters. The zero-order valence-electron chi connectivity index (χ0n) is 16.0. The predicted molar refractivity (Wildman–Crippen MR) is 114 cm³/mol. The van der Waals surface area contributed by atoms with Crippen LogP contribution in [-0.4, -0.2) is 15.8 Å². The van der Waals surface area contributed by atoms with Gasteiger partial charge in [0.15, 0.2) is 0 Å². The summed E-state index contributed by atoms with van der Waals surface area (Å²) < 4.78 is 0. The van der Waals surface area contributed by atoms with Gasteiger partial charge in [-0.15, -0.1) is 9.89 Å². The van der Waals surface area contributed by atoms with E-state index in [4.69, 9.17) is 11.6 Å². The average Bonchev–Trinajstić information content (AvgIpc) is 3.33. The first-order chi connectivity index (χ1) is 14.1. The van der Waals surface area contributed by atoms with Crippen LogP contribution in [0.25, 0.3) is 22.0 Å². The van der Waals surface area contributed by atoms with Gasteiger partial charge in [-0.25, -0.2) is 5.43 Å². The second kappa shape index (κ2) is 7.30. The number of carbonyl (C=O) groups is 1. The van der Waals surface area contributed by atoms with E-state index in [9.17, 15) is 9.59 Å². The maximum absolute atomic E-state index is 12.9. The molecule has 6 heteroatoms. The van der Waals surface area contributed by atoms with Crippen molar-refractivity contribution in [3.8, 4) is 11.3 Å². The monoisotopic (exact) mass is 407 g/mol. The van der Waals surface area contributed by atoms with Gasteiger partial charge in [-0.05, 0) is 55.2 Å². The van der Waals surface area contributed by atoms with Gasteiger partial charge in [0.05, 0.1) is 5.39 Å². The standard InChI is InChI=1S/C23H22ClN3O2/c24-18-5-3-4-16(12-18)22-19-6-1-2-7-20(19)23(29)27(26-22)25-21(28)13-17-11-14-8-9-15(17)10-14/h1-7,12,14-15,17H,8-11,13H2,(H,25,28)/t14-,15+,17-/m1/s1. The predicted octanol–water partition coefficient (Wildman–Crippen LogP) is 4.61. The number of rotatable bonds is 4. The third kappa shape index (κ3) is 3.44. The van der Waals surface area contributed by atoms with Crippen molar-refractivity contribution in [1.82, 2.24) is 9.89 Å². The van der Waals surface area contributed by atoms with Gasteiger partial charge in [-0.3, -0.25) is 9.59 Å². The van der Waals surface area contributed by atoms with E-state index in [1.54, 1.807) is 12.1 Å². The van der Waals surface area contributed by atoms with Crippen LogP contribution >= 0.6 is 11.6 Å². The van der Waals surface area contributed by atoms with E-state index in [1.807, 2.05) is 36.4 Å². The number of benzene rings is 2. The number of halogens is 1. The summed E-state index contributed by atoms with van der Waals surface area (Å²) in [5.74, 6) is 1.73. The van der Waals surface area contributed by atoms with Crippen LogP contribution in [0.1, 0.15) is 32.1 Å². The summed E-state index contributed by atoms with van der Waals surface area (Å²) in [6.45, 7) is 0. The van der Waals surface area contributed by atoms with Crippen LogP contribution in [0, 0.1) is 17.8 Å². The van der Waals surface area contributed by atoms with Gasteiger partial charge in [0.1, 0.15) is 5.69 Å². The van der Waals surface area contributed by atoms with Crippen molar-refractivity contribution < 1.29 is 4.79 Å². The van der Waals surface area contributed by atoms with Crippen molar-refractivity contribution in [2.75, 3.05) is 5.43 Å². The number of nitrogens with zero attached hydrogens (tertiary/aromatic N) is 2. The first kappa shape index (κ1) is 18.4. The average molecular weight is 408 g/mol. The maximum atomic E-state index is 12.9. The lowest BCUT2D eigenvalue weighted by atomic mass is 9.86. The molecular weight excluding hydrogens is 386 g/mol. The Bertz CT molecular complexity index is 1160. The van der Waals surface area contributed by atoms with Crippen LogP contribution in [-0.2, 0) is 4.79 Å². The van der Waals surface area contributed by atoms with Crippen LogP contribution in [0.3, 0.4) is 0 Å². The molecule has 2 saturated carbocycles. The minimum atomic E-state index is -0.326. The molecule has 1 heterocycles. The smallest absolute Gasteiger partial charge is 0.273 e. The molecule has 0 radical (unpaired) electrons. The van der Waals surface area contributed by atoms with Crippen LogP contribution in [0.4, 0.5) is 0 Å². The Morgan fingerprint density at radius 1 is 1.10 bits per heavy atom. The molecule has 29 heavy (non-hydrogen) atoms. The molecule has 2 aliphatic carbocycles. The molecule has 5 nitrogen and oxygen atoms in total. The first-order valence-electron chi connectivity index (χ1n) is 10.2. The Hall–Kier alpha value is -2.66. The molecule has 148 valence electrons. The Morgan fingerprint density at radius 2 is 1.93 bits per heavy atom. The maximum Gasteiger partial charge on any atom is 0.294 e. The summed E-state index contributed by atoms with van der Waals surface area (Å²) in [4.78, 5) is 26.7. The molecule has 2 bridgehead atoms. The highest BCUT2D eigenvalue weighted by Gasteiger charge is 2.40. The van der Waals surface area contributed by atoms with Crippen molar-refractivity contribution >= 4 is 28.3 Å².